The molecule has 0 atom stereocenters. The summed E-state index contributed by atoms with van der Waals surface area (Å²) in [4.78, 5) is 99.0. The van der Waals surface area contributed by atoms with Crippen LogP contribution < -0.4 is 17.1 Å². The highest BCUT2D eigenvalue weighted by Crippen LogP contribution is 2.04. The van der Waals surface area contributed by atoms with Gasteiger partial charge in [-0.2, -0.15) is 0 Å². The van der Waals surface area contributed by atoms with Crippen LogP contribution in [0.4, 0.5) is 0 Å². The fourth-order valence-corrected chi connectivity index (χ4v) is 4.46. The Hall–Kier alpha value is -5.68. The molecule has 0 saturated heterocycles. The van der Waals surface area contributed by atoms with Gasteiger partial charge in [0.15, 0.2) is 0 Å². The van der Waals surface area contributed by atoms with Crippen molar-refractivity contribution in [1.82, 2.24) is 13.7 Å². The quantitative estimate of drug-likeness (QED) is 0.0348. The maximum absolute atomic E-state index is 13.3. The van der Waals surface area contributed by atoms with E-state index in [0.29, 0.717) is 78.1 Å². The van der Waals surface area contributed by atoms with Crippen molar-refractivity contribution in [2.75, 3.05) is 39.6 Å². The fraction of sp³-hybridized carbons (Fsp3) is 0.556. The molecule has 0 saturated carbocycles. The highest BCUT2D eigenvalue weighted by molar-refractivity contribution is 5.81. The molecule has 0 N–H and O–H groups in total. The average Bonchev–Trinajstić information content (AvgIpc) is 3.15. The summed E-state index contributed by atoms with van der Waals surface area (Å²) in [5.74, 6) is -3.10. The Kier molecular flexibility index (Phi) is 23.9. The van der Waals surface area contributed by atoms with Crippen LogP contribution in [0.1, 0.15) is 70.6 Å². The van der Waals surface area contributed by atoms with E-state index in [9.17, 15) is 38.4 Å². The summed E-state index contributed by atoms with van der Waals surface area (Å²) in [6.45, 7) is 11.7. The van der Waals surface area contributed by atoms with Crippen LogP contribution in [0.3, 0.4) is 0 Å². The molecular weight excluding hydrogens is 714 g/mol. The standard InChI is InChI=1S/C36H51N3O15/c1-5-29(40)50-22-13-8-11-17-31(42)53-25-19-37-34(45)38(20-26-54-32(43)18-12-9-14-23-51-30(41)6-2)36(47)39(35(37)46)27-33(44)52-24-16-10-15-21-49-28(4)48-7-3/h5-7H,1-4,8-27H2. The number of hydrogen-bond acceptors (Lipinski definition) is 15. The smallest absolute Gasteiger partial charge is 0.336 e. The SMILES string of the molecule is C=COC(=C)OCCCCCOC(=O)Cn1c(=O)n(CCOC(=O)CCCCCOC(=O)C=C)c(=O)n(CCOC(=O)CCCCCOC(=O)C=C)c1=O. The third-order valence-corrected chi connectivity index (χ3v) is 7.23. The second-order valence-electron chi connectivity index (χ2n) is 11.3. The molecule has 0 amide bonds. The zero-order chi connectivity index (χ0) is 40.1. The highest BCUT2D eigenvalue weighted by Gasteiger charge is 2.19. The van der Waals surface area contributed by atoms with Gasteiger partial charge in [-0.25, -0.2) is 37.7 Å². The molecule has 0 radical (unpaired) electrons. The molecule has 0 unspecified atom stereocenters. The number of aromatic nitrogens is 3. The first-order valence-electron chi connectivity index (χ1n) is 17.5. The molecule has 1 aromatic heterocycles. The van der Waals surface area contributed by atoms with Gasteiger partial charge >= 0.3 is 46.9 Å². The van der Waals surface area contributed by atoms with Gasteiger partial charge in [0.05, 0.1) is 45.8 Å². The number of unbranched alkanes of at least 4 members (excludes halogenated alkanes) is 6. The number of carbonyl (C=O) groups excluding carboxylic acids is 5. The van der Waals surface area contributed by atoms with Gasteiger partial charge in [-0.3, -0.25) is 14.4 Å². The Morgan fingerprint density at radius 2 is 0.870 bits per heavy atom. The van der Waals surface area contributed by atoms with Crippen LogP contribution >= 0.6 is 0 Å². The van der Waals surface area contributed by atoms with Gasteiger partial charge in [-0.15, -0.1) is 0 Å². The van der Waals surface area contributed by atoms with Crippen LogP contribution in [0.5, 0.6) is 0 Å². The highest BCUT2D eigenvalue weighted by atomic mass is 16.7. The summed E-state index contributed by atoms with van der Waals surface area (Å²) >= 11 is 0. The first kappa shape index (κ1) is 46.3. The van der Waals surface area contributed by atoms with Crippen molar-refractivity contribution in [3.63, 3.8) is 0 Å². The van der Waals surface area contributed by atoms with E-state index in [1.165, 1.54) is 6.26 Å². The van der Waals surface area contributed by atoms with Crippen LogP contribution in [0, 0.1) is 0 Å². The molecule has 1 aromatic rings. The van der Waals surface area contributed by atoms with E-state index in [0.717, 1.165) is 12.2 Å². The van der Waals surface area contributed by atoms with Crippen molar-refractivity contribution in [1.29, 1.82) is 0 Å². The van der Waals surface area contributed by atoms with Crippen LogP contribution in [0.15, 0.2) is 65.1 Å². The van der Waals surface area contributed by atoms with Gasteiger partial charge in [0.2, 0.25) is 0 Å². The van der Waals surface area contributed by atoms with Crippen LogP contribution in [0.25, 0.3) is 0 Å². The monoisotopic (exact) mass is 765 g/mol. The van der Waals surface area contributed by atoms with E-state index in [2.05, 4.69) is 26.3 Å². The molecule has 1 rings (SSSR count). The minimum Gasteiger partial charge on any atom is -0.466 e. The number of esters is 5. The normalized spacial score (nSPS) is 10.4. The molecule has 18 nitrogen and oxygen atoms in total. The molecule has 0 aliphatic carbocycles. The van der Waals surface area contributed by atoms with Gasteiger partial charge in [0.25, 0.3) is 5.95 Å². The van der Waals surface area contributed by atoms with Crippen molar-refractivity contribution in [3.8, 4) is 0 Å². The Bertz CT molecular complexity index is 1520. The van der Waals surface area contributed by atoms with Crippen molar-refractivity contribution < 1.29 is 57.1 Å². The third kappa shape index (κ3) is 19.8. The van der Waals surface area contributed by atoms with E-state index in [1.807, 2.05) is 0 Å². The van der Waals surface area contributed by atoms with Gasteiger partial charge in [0, 0.05) is 25.0 Å². The number of carbonyl (C=O) groups is 5. The summed E-state index contributed by atoms with van der Waals surface area (Å²) < 4.78 is 37.1. The summed E-state index contributed by atoms with van der Waals surface area (Å²) in [7, 11) is 0. The Morgan fingerprint density at radius 3 is 1.31 bits per heavy atom. The predicted molar refractivity (Wildman–Crippen MR) is 192 cm³/mol. The Labute approximate surface area is 312 Å². The van der Waals surface area contributed by atoms with E-state index in [-0.39, 0.29) is 38.6 Å². The fourth-order valence-electron chi connectivity index (χ4n) is 4.46. The number of nitrogens with zero attached hydrogens (tertiary/aromatic N) is 3. The van der Waals surface area contributed by atoms with Crippen LogP contribution in [0.2, 0.25) is 0 Å². The number of hydrogen-bond donors (Lipinski definition) is 0. The first-order valence-corrected chi connectivity index (χ1v) is 17.5. The van der Waals surface area contributed by atoms with E-state index < -0.39 is 79.8 Å². The molecule has 0 spiro atoms. The molecule has 0 aliphatic rings. The lowest BCUT2D eigenvalue weighted by Gasteiger charge is -2.14. The number of ether oxygens (including phenoxy) is 7. The second kappa shape index (κ2) is 27.9. The van der Waals surface area contributed by atoms with E-state index in [1.54, 1.807) is 0 Å². The Balaban J connectivity index is 2.85. The largest absolute Gasteiger partial charge is 0.466 e. The topological polar surface area (TPSA) is 216 Å². The lowest BCUT2D eigenvalue weighted by atomic mass is 10.2. The zero-order valence-electron chi connectivity index (χ0n) is 30.7. The lowest BCUT2D eigenvalue weighted by Crippen LogP contribution is -2.56. The molecule has 54 heavy (non-hydrogen) atoms. The van der Waals surface area contributed by atoms with Crippen LogP contribution in [-0.2, 0) is 76.8 Å². The molecule has 0 aromatic carbocycles. The number of rotatable bonds is 31. The predicted octanol–water partition coefficient (Wildman–Crippen LogP) is 2.20. The van der Waals surface area contributed by atoms with Gasteiger partial charge in [-0.05, 0) is 64.4 Å². The zero-order valence-corrected chi connectivity index (χ0v) is 30.7. The van der Waals surface area contributed by atoms with Crippen molar-refractivity contribution in [2.24, 2.45) is 0 Å². The minimum absolute atomic E-state index is 0.0165. The Morgan fingerprint density at radius 1 is 0.481 bits per heavy atom. The molecule has 18 heteroatoms. The second-order valence-corrected chi connectivity index (χ2v) is 11.3. The lowest BCUT2D eigenvalue weighted by molar-refractivity contribution is -0.145. The van der Waals surface area contributed by atoms with Crippen molar-refractivity contribution in [3.05, 3.63) is 82.1 Å². The molecule has 1 heterocycles. The van der Waals surface area contributed by atoms with Gasteiger partial charge < -0.3 is 33.2 Å². The molecule has 0 bridgehead atoms. The molecule has 300 valence electrons. The summed E-state index contributed by atoms with van der Waals surface area (Å²) in [6.07, 6.45) is 8.04. The average molecular weight is 766 g/mol. The minimum atomic E-state index is -1.13. The summed E-state index contributed by atoms with van der Waals surface area (Å²) in [6, 6.07) is 0. The third-order valence-electron chi connectivity index (χ3n) is 7.23. The van der Waals surface area contributed by atoms with Crippen molar-refractivity contribution >= 4 is 29.8 Å². The summed E-state index contributed by atoms with van der Waals surface area (Å²) in [5.41, 5.74) is -3.32. The molecule has 0 fully saturated rings. The van der Waals surface area contributed by atoms with E-state index in [4.69, 9.17) is 33.2 Å². The first-order chi connectivity index (χ1) is 25.9. The van der Waals surface area contributed by atoms with Crippen molar-refractivity contribution in [2.45, 2.75) is 90.3 Å². The van der Waals surface area contributed by atoms with Gasteiger partial charge in [0.1, 0.15) is 19.8 Å². The maximum atomic E-state index is 13.3. The van der Waals surface area contributed by atoms with Crippen LogP contribution in [-0.4, -0.2) is 83.2 Å². The van der Waals surface area contributed by atoms with Gasteiger partial charge in [-0.1, -0.05) is 19.7 Å². The molecule has 0 aliphatic heterocycles. The van der Waals surface area contributed by atoms with E-state index >= 15 is 0 Å². The molecular formula is C36H51N3O15. The maximum Gasteiger partial charge on any atom is 0.336 e. The summed E-state index contributed by atoms with van der Waals surface area (Å²) in [5, 5.41) is 0.